The van der Waals surface area contributed by atoms with Crippen LogP contribution in [0.1, 0.15) is 70.6 Å². The van der Waals surface area contributed by atoms with E-state index >= 15 is 0 Å². The Kier molecular flexibility index (Phi) is 11.9. The highest BCUT2D eigenvalue weighted by atomic mass is 35.5. The van der Waals surface area contributed by atoms with E-state index in [4.69, 9.17) is 25.8 Å². The minimum Gasteiger partial charge on any atom is -0.495 e. The maximum atomic E-state index is 14.7. The predicted octanol–water partition coefficient (Wildman–Crippen LogP) is 6.97. The highest BCUT2D eigenvalue weighted by Gasteiger charge is 2.66. The second-order valence-electron chi connectivity index (χ2n) is 15.9. The molecule has 3 amide bonds. The van der Waals surface area contributed by atoms with Crippen LogP contribution in [0.4, 0.5) is 13.6 Å². The minimum atomic E-state index is -4.62. The zero-order valence-electron chi connectivity index (χ0n) is 32.0. The van der Waals surface area contributed by atoms with Crippen LogP contribution in [0, 0.1) is 34.3 Å². The van der Waals surface area contributed by atoms with Gasteiger partial charge in [0.05, 0.1) is 25.3 Å². The summed E-state index contributed by atoms with van der Waals surface area (Å²) in [7, 11) is -3.19. The summed E-state index contributed by atoms with van der Waals surface area (Å²) in [5.41, 5.74) is -1.29. The number of nitrogens with one attached hydrogen (secondary N) is 2. The van der Waals surface area contributed by atoms with Gasteiger partial charge in [0, 0.05) is 29.4 Å². The molecule has 2 unspecified atom stereocenters. The number of aromatic nitrogens is 1. The third-order valence-electron chi connectivity index (χ3n) is 10.9. The molecule has 1 saturated heterocycles. The quantitative estimate of drug-likeness (QED) is 0.128. The number of halogens is 3. The van der Waals surface area contributed by atoms with Crippen molar-refractivity contribution >= 4 is 47.8 Å². The molecule has 0 bridgehead atoms. The first kappa shape index (κ1) is 41.9. The highest BCUT2D eigenvalue weighted by molar-refractivity contribution is 7.59. The lowest BCUT2D eigenvalue weighted by Crippen LogP contribution is -2.58. The number of nitrogens with zero attached hydrogens (tertiary/aromatic N) is 3. The van der Waals surface area contributed by atoms with E-state index in [1.807, 2.05) is 6.07 Å². The van der Waals surface area contributed by atoms with Crippen molar-refractivity contribution in [2.45, 2.75) is 95.0 Å². The van der Waals surface area contributed by atoms with Crippen LogP contribution >= 0.6 is 19.0 Å². The van der Waals surface area contributed by atoms with E-state index in [1.54, 1.807) is 32.9 Å². The van der Waals surface area contributed by atoms with Gasteiger partial charge in [-0.05, 0) is 61.8 Å². The van der Waals surface area contributed by atoms with Crippen molar-refractivity contribution in [2.24, 2.45) is 11.3 Å². The first-order valence-electron chi connectivity index (χ1n) is 18.6. The molecule has 6 atom stereocenters. The number of pyridine rings is 1. The zero-order chi connectivity index (χ0) is 41.4. The molecule has 2 aliphatic carbocycles. The molecular weight excluding hydrogens is 783 g/mol. The number of likely N-dealkylation sites (tertiary alicyclic amines) is 1. The fourth-order valence-corrected chi connectivity index (χ4v) is 10.4. The van der Waals surface area contributed by atoms with E-state index < -0.39 is 83.4 Å². The normalized spacial score (nSPS) is 23.6. The summed E-state index contributed by atoms with van der Waals surface area (Å²) in [4.78, 5) is 59.3. The van der Waals surface area contributed by atoms with E-state index in [2.05, 4.69) is 22.2 Å². The van der Waals surface area contributed by atoms with Crippen LogP contribution in [0.5, 0.6) is 11.5 Å². The Morgan fingerprint density at radius 1 is 1.18 bits per heavy atom. The number of hydrogen-bond donors (Lipinski definition) is 3. The largest absolute Gasteiger partial charge is 0.495 e. The number of hydrogen-bond acceptors (Lipinski definition) is 9. The summed E-state index contributed by atoms with van der Waals surface area (Å²) in [6.45, 7) is 8.78. The van der Waals surface area contributed by atoms with Crippen LogP contribution < -0.4 is 20.1 Å². The van der Waals surface area contributed by atoms with Crippen LogP contribution in [0.3, 0.4) is 0 Å². The Morgan fingerprint density at radius 3 is 2.46 bits per heavy atom. The van der Waals surface area contributed by atoms with Crippen molar-refractivity contribution in [1.29, 1.82) is 5.26 Å². The minimum absolute atomic E-state index is 0.0261. The molecule has 1 aromatic heterocycles. The first-order chi connectivity index (χ1) is 26.9. The average Bonchev–Trinajstić information content (AvgIpc) is 3.41. The monoisotopic (exact) mass is 827 g/mol. The molecule has 304 valence electrons. The van der Waals surface area contributed by atoms with E-state index in [0.717, 1.165) is 31.0 Å². The average molecular weight is 828 g/mol. The van der Waals surface area contributed by atoms with Gasteiger partial charge in [0.1, 0.15) is 69.5 Å². The van der Waals surface area contributed by atoms with Crippen molar-refractivity contribution < 1.29 is 46.8 Å². The lowest BCUT2D eigenvalue weighted by Gasteiger charge is -2.36. The Morgan fingerprint density at radius 2 is 1.86 bits per heavy atom. The SMILES string of the molecule is C=C[C@@H]1C[C@]1(NC(=O)[C@@H]1C[C@@H](Oc2cc(C#N)nc3c(Cl)c(OC)ccc23)CN1C(=O)C(NC(=O)OC1CCCC1)C(C)(C)C)P(=O)(O)Cc1c(F)cccc1F. The van der Waals surface area contributed by atoms with Crippen LogP contribution in [0.2, 0.25) is 5.02 Å². The number of alkyl carbamates (subject to hydrolysis) is 1. The van der Waals surface area contributed by atoms with Crippen LogP contribution in [0.25, 0.3) is 10.9 Å². The summed E-state index contributed by atoms with van der Waals surface area (Å²) < 4.78 is 60.9. The number of nitriles is 1. The molecule has 3 aromatic rings. The maximum absolute atomic E-state index is 14.7. The number of carbonyl (C=O) groups excluding carboxylic acids is 3. The van der Waals surface area contributed by atoms with Crippen LogP contribution in [-0.2, 0) is 25.1 Å². The van der Waals surface area contributed by atoms with Crippen molar-refractivity contribution in [2.75, 3.05) is 13.7 Å². The van der Waals surface area contributed by atoms with Crippen molar-refractivity contribution in [3.05, 3.63) is 77.0 Å². The molecule has 3 aliphatic rings. The number of benzene rings is 2. The van der Waals surface area contributed by atoms with Gasteiger partial charge in [-0.2, -0.15) is 5.26 Å². The number of amides is 3. The van der Waals surface area contributed by atoms with E-state index in [-0.39, 0.29) is 47.5 Å². The predicted molar refractivity (Wildman–Crippen MR) is 207 cm³/mol. The smallest absolute Gasteiger partial charge is 0.408 e. The summed E-state index contributed by atoms with van der Waals surface area (Å²) >= 11 is 6.56. The first-order valence-corrected chi connectivity index (χ1v) is 20.9. The maximum Gasteiger partial charge on any atom is 0.408 e. The third-order valence-corrected chi connectivity index (χ3v) is 13.9. The summed E-state index contributed by atoms with van der Waals surface area (Å²) in [6.07, 6.45) is 1.58. The summed E-state index contributed by atoms with van der Waals surface area (Å²) in [6, 6.07) is 7.20. The molecule has 57 heavy (non-hydrogen) atoms. The second-order valence-corrected chi connectivity index (χ2v) is 18.7. The molecule has 17 heteroatoms. The molecule has 3 N–H and O–H groups in total. The van der Waals surface area contributed by atoms with Gasteiger partial charge in [-0.15, -0.1) is 6.58 Å². The van der Waals surface area contributed by atoms with Gasteiger partial charge in [0.2, 0.25) is 19.2 Å². The Balaban J connectivity index is 1.34. The number of fused-ring (bicyclic) bond motifs is 1. The van der Waals surface area contributed by atoms with Gasteiger partial charge in [-0.3, -0.25) is 14.2 Å². The fourth-order valence-electron chi connectivity index (χ4n) is 7.72. The molecule has 2 aromatic carbocycles. The second kappa shape index (κ2) is 16.2. The number of carbonyl (C=O) groups is 3. The molecular formula is C40H45ClF2N5O8P. The van der Waals surface area contributed by atoms with Gasteiger partial charge in [0.25, 0.3) is 0 Å². The molecule has 6 rings (SSSR count). The summed E-state index contributed by atoms with van der Waals surface area (Å²) in [5, 5.41) is 13.9. The van der Waals surface area contributed by atoms with Gasteiger partial charge >= 0.3 is 6.09 Å². The molecule has 0 radical (unpaired) electrons. The molecule has 2 saturated carbocycles. The van der Waals surface area contributed by atoms with Crippen molar-refractivity contribution in [1.82, 2.24) is 20.5 Å². The van der Waals surface area contributed by atoms with Crippen molar-refractivity contribution in [3.63, 3.8) is 0 Å². The third kappa shape index (κ3) is 8.45. The van der Waals surface area contributed by atoms with E-state index in [9.17, 15) is 37.9 Å². The topological polar surface area (TPSA) is 180 Å². The van der Waals surface area contributed by atoms with E-state index in [0.29, 0.717) is 24.0 Å². The number of ether oxygens (including phenoxy) is 3. The Bertz CT molecular complexity index is 2170. The highest BCUT2D eigenvalue weighted by Crippen LogP contribution is 2.71. The van der Waals surface area contributed by atoms with Gasteiger partial charge < -0.3 is 34.6 Å². The Labute approximate surface area is 334 Å². The van der Waals surface area contributed by atoms with Crippen LogP contribution in [0.15, 0.2) is 49.1 Å². The molecule has 2 heterocycles. The van der Waals surface area contributed by atoms with Gasteiger partial charge in [0.15, 0.2) is 0 Å². The zero-order valence-corrected chi connectivity index (χ0v) is 33.7. The van der Waals surface area contributed by atoms with Gasteiger partial charge in [-0.25, -0.2) is 18.6 Å². The molecule has 3 fully saturated rings. The van der Waals surface area contributed by atoms with Gasteiger partial charge in [-0.1, -0.05) is 44.5 Å². The molecule has 0 spiro atoms. The summed E-state index contributed by atoms with van der Waals surface area (Å²) in [5.74, 6) is -3.73. The number of rotatable bonds is 12. The van der Waals surface area contributed by atoms with Crippen LogP contribution in [-0.4, -0.2) is 75.9 Å². The van der Waals surface area contributed by atoms with Crippen molar-refractivity contribution in [3.8, 4) is 17.6 Å². The molecule has 1 aliphatic heterocycles. The standard InChI is InChI=1S/C40H45ClF2N5O8P/c1-6-22-18-40(22,57(52,53)21-27-28(42)12-9-13-29(27)43)47-36(49)30-17-25(55-32-16-23(19-44)45-34-26(32)14-15-31(54-5)33(34)41)20-48(30)37(50)35(39(2,3)4)46-38(51)56-24-10-7-8-11-24/h6,9,12-16,22,24-25,30,35H,1,7-8,10-11,17-18,20-21H2,2-5H3,(H,46,51)(H,47,49)(H,52,53)/t22-,25-,30+,35?,40+/m1/s1. The molecule has 13 nitrogen and oxygen atoms in total. The lowest BCUT2D eigenvalue weighted by molar-refractivity contribution is -0.142. The Hall–Kier alpha value is -4.77. The number of methoxy groups -OCH3 is 1. The lowest BCUT2D eigenvalue weighted by atomic mass is 9.85. The fraction of sp³-hybridized carbons (Fsp3) is 0.475. The van der Waals surface area contributed by atoms with E-state index in [1.165, 1.54) is 24.2 Å².